The van der Waals surface area contributed by atoms with Gasteiger partial charge in [0.1, 0.15) is 6.26 Å². The highest BCUT2D eigenvalue weighted by Gasteiger charge is 2.26. The van der Waals surface area contributed by atoms with Crippen molar-refractivity contribution < 1.29 is 27.2 Å². The van der Waals surface area contributed by atoms with E-state index in [9.17, 15) is 18.0 Å². The lowest BCUT2D eigenvalue weighted by atomic mass is 10.0. The Bertz CT molecular complexity index is 1040. The summed E-state index contributed by atoms with van der Waals surface area (Å²) < 4.78 is 38.2. The molecule has 1 aromatic carbocycles. The molecule has 2 N–H and O–H groups in total. The standard InChI is InChI=1S/C22H27N3O6S/c26-21(24-18-6-9-25(10-7-18)22(27)17-8-12-30-15-17)16-3-1-5-20(13-16)32(28,29)23-14-19-4-2-11-31-19/h1,3,5,8,12-13,15,18-19,23H,2,4,6-7,9-11,14H2,(H,24,26). The summed E-state index contributed by atoms with van der Waals surface area (Å²) in [4.78, 5) is 26.9. The number of nitrogens with one attached hydrogen (secondary N) is 2. The second-order valence-corrected chi connectivity index (χ2v) is 9.83. The quantitative estimate of drug-likeness (QED) is 0.649. The Morgan fingerprint density at radius 2 is 1.91 bits per heavy atom. The third-order valence-electron chi connectivity index (χ3n) is 5.82. The zero-order valence-electron chi connectivity index (χ0n) is 17.7. The normalized spacial score (nSPS) is 19.8. The van der Waals surface area contributed by atoms with Crippen molar-refractivity contribution in [3.8, 4) is 0 Å². The number of nitrogens with zero attached hydrogens (tertiary/aromatic N) is 1. The summed E-state index contributed by atoms with van der Waals surface area (Å²) in [7, 11) is -3.74. The van der Waals surface area contributed by atoms with Crippen molar-refractivity contribution >= 4 is 21.8 Å². The fourth-order valence-corrected chi connectivity index (χ4v) is 5.07. The minimum absolute atomic E-state index is 0.0451. The molecule has 1 aromatic heterocycles. The molecule has 0 radical (unpaired) electrons. The van der Waals surface area contributed by atoms with Crippen LogP contribution in [0.2, 0.25) is 0 Å². The van der Waals surface area contributed by atoms with Crippen LogP contribution in [-0.4, -0.2) is 63.5 Å². The monoisotopic (exact) mass is 461 g/mol. The number of sulfonamides is 1. The number of piperidine rings is 1. The maximum Gasteiger partial charge on any atom is 0.257 e. The van der Waals surface area contributed by atoms with E-state index in [0.29, 0.717) is 38.1 Å². The summed E-state index contributed by atoms with van der Waals surface area (Å²) in [5.74, 6) is -0.419. The zero-order chi connectivity index (χ0) is 22.6. The van der Waals surface area contributed by atoms with Gasteiger partial charge >= 0.3 is 0 Å². The predicted molar refractivity (Wildman–Crippen MR) is 116 cm³/mol. The SMILES string of the molecule is O=C(NC1CCN(C(=O)c2ccoc2)CC1)c1cccc(S(=O)(=O)NCC2CCCO2)c1. The van der Waals surface area contributed by atoms with E-state index >= 15 is 0 Å². The number of hydrogen-bond donors (Lipinski definition) is 2. The van der Waals surface area contributed by atoms with E-state index in [4.69, 9.17) is 9.15 Å². The molecule has 2 fully saturated rings. The summed E-state index contributed by atoms with van der Waals surface area (Å²) in [5.41, 5.74) is 0.792. The molecule has 32 heavy (non-hydrogen) atoms. The summed E-state index contributed by atoms with van der Waals surface area (Å²) in [6, 6.07) is 7.54. The number of likely N-dealkylation sites (tertiary alicyclic amines) is 1. The van der Waals surface area contributed by atoms with E-state index in [1.165, 1.54) is 24.7 Å². The van der Waals surface area contributed by atoms with E-state index in [2.05, 4.69) is 10.0 Å². The summed E-state index contributed by atoms with van der Waals surface area (Å²) >= 11 is 0. The number of ether oxygens (including phenoxy) is 1. The Morgan fingerprint density at radius 1 is 1.09 bits per heavy atom. The molecule has 9 nitrogen and oxygen atoms in total. The number of amides is 2. The maximum absolute atomic E-state index is 12.7. The number of furan rings is 1. The smallest absolute Gasteiger partial charge is 0.257 e. The van der Waals surface area contributed by atoms with Crippen LogP contribution in [0.4, 0.5) is 0 Å². The van der Waals surface area contributed by atoms with E-state index in [-0.39, 0.29) is 41.0 Å². The van der Waals surface area contributed by atoms with Crippen LogP contribution in [0.1, 0.15) is 46.4 Å². The number of rotatable bonds is 7. The van der Waals surface area contributed by atoms with Crippen molar-refractivity contribution in [1.82, 2.24) is 14.9 Å². The minimum Gasteiger partial charge on any atom is -0.472 e. The third-order valence-corrected chi connectivity index (χ3v) is 7.24. The number of benzene rings is 1. The molecule has 0 spiro atoms. The first-order valence-electron chi connectivity index (χ1n) is 10.8. The molecular weight excluding hydrogens is 434 g/mol. The average Bonchev–Trinajstić information content (AvgIpc) is 3.52. The molecule has 0 saturated carbocycles. The van der Waals surface area contributed by atoms with Gasteiger partial charge in [0, 0.05) is 37.8 Å². The molecule has 172 valence electrons. The maximum atomic E-state index is 12.7. The van der Waals surface area contributed by atoms with Gasteiger partial charge in [-0.15, -0.1) is 0 Å². The molecule has 3 heterocycles. The summed E-state index contributed by atoms with van der Waals surface area (Å²) in [5, 5.41) is 2.95. The highest BCUT2D eigenvalue weighted by molar-refractivity contribution is 7.89. The van der Waals surface area contributed by atoms with Crippen molar-refractivity contribution in [2.24, 2.45) is 0 Å². The molecule has 2 saturated heterocycles. The minimum atomic E-state index is -3.74. The van der Waals surface area contributed by atoms with Gasteiger partial charge < -0.3 is 19.4 Å². The van der Waals surface area contributed by atoms with Gasteiger partial charge in [-0.1, -0.05) is 6.07 Å². The van der Waals surface area contributed by atoms with Crippen LogP contribution in [-0.2, 0) is 14.8 Å². The first-order valence-corrected chi connectivity index (χ1v) is 12.2. The van der Waals surface area contributed by atoms with Crippen molar-refractivity contribution in [1.29, 1.82) is 0 Å². The molecule has 1 atom stereocenters. The molecule has 1 unspecified atom stereocenters. The van der Waals surface area contributed by atoms with Gasteiger partial charge in [-0.05, 0) is 49.9 Å². The Labute approximate surface area is 187 Å². The Morgan fingerprint density at radius 3 is 2.59 bits per heavy atom. The molecule has 10 heteroatoms. The van der Waals surface area contributed by atoms with Crippen LogP contribution < -0.4 is 10.0 Å². The van der Waals surface area contributed by atoms with Gasteiger partial charge in [-0.25, -0.2) is 13.1 Å². The first kappa shape index (κ1) is 22.5. The Balaban J connectivity index is 1.31. The van der Waals surface area contributed by atoms with Crippen molar-refractivity contribution in [3.63, 3.8) is 0 Å². The Hall–Kier alpha value is -2.69. The predicted octanol–water partition coefficient (Wildman–Crippen LogP) is 1.77. The van der Waals surface area contributed by atoms with Crippen LogP contribution in [0.25, 0.3) is 0 Å². The summed E-state index contributed by atoms with van der Waals surface area (Å²) in [6.45, 7) is 1.92. The van der Waals surface area contributed by atoms with E-state index in [0.717, 1.165) is 12.8 Å². The highest BCUT2D eigenvalue weighted by Crippen LogP contribution is 2.17. The number of carbonyl (C=O) groups is 2. The molecule has 2 amide bonds. The molecule has 2 aromatic rings. The van der Waals surface area contributed by atoms with E-state index < -0.39 is 10.0 Å². The molecule has 4 rings (SSSR count). The van der Waals surface area contributed by atoms with Gasteiger partial charge in [0.2, 0.25) is 10.0 Å². The molecule has 0 aliphatic carbocycles. The molecular formula is C22H27N3O6S. The van der Waals surface area contributed by atoms with Crippen molar-refractivity contribution in [2.45, 2.75) is 42.7 Å². The average molecular weight is 462 g/mol. The van der Waals surface area contributed by atoms with Crippen LogP contribution >= 0.6 is 0 Å². The largest absolute Gasteiger partial charge is 0.472 e. The van der Waals surface area contributed by atoms with Gasteiger partial charge in [0.25, 0.3) is 11.8 Å². The first-order chi connectivity index (χ1) is 15.4. The van der Waals surface area contributed by atoms with Crippen LogP contribution in [0.15, 0.2) is 52.2 Å². The van der Waals surface area contributed by atoms with Crippen LogP contribution in [0, 0.1) is 0 Å². The number of carbonyl (C=O) groups excluding carboxylic acids is 2. The Kier molecular flexibility index (Phi) is 6.92. The fraction of sp³-hybridized carbons (Fsp3) is 0.455. The zero-order valence-corrected chi connectivity index (χ0v) is 18.5. The second kappa shape index (κ2) is 9.85. The van der Waals surface area contributed by atoms with Gasteiger partial charge in [-0.2, -0.15) is 0 Å². The highest BCUT2D eigenvalue weighted by atomic mass is 32.2. The van der Waals surface area contributed by atoms with Crippen molar-refractivity contribution in [3.05, 3.63) is 54.0 Å². The lowest BCUT2D eigenvalue weighted by molar-refractivity contribution is 0.0697. The van der Waals surface area contributed by atoms with E-state index in [1.54, 1.807) is 23.1 Å². The third kappa shape index (κ3) is 5.37. The number of hydrogen-bond acceptors (Lipinski definition) is 6. The topological polar surface area (TPSA) is 118 Å². The van der Waals surface area contributed by atoms with Gasteiger partial charge in [-0.3, -0.25) is 9.59 Å². The fourth-order valence-electron chi connectivity index (χ4n) is 3.96. The van der Waals surface area contributed by atoms with Crippen LogP contribution in [0.5, 0.6) is 0 Å². The molecule has 2 aliphatic rings. The van der Waals surface area contributed by atoms with Crippen molar-refractivity contribution in [2.75, 3.05) is 26.2 Å². The van der Waals surface area contributed by atoms with Gasteiger partial charge in [0.05, 0.1) is 22.8 Å². The lowest BCUT2D eigenvalue weighted by Crippen LogP contribution is -2.46. The van der Waals surface area contributed by atoms with Gasteiger partial charge in [0.15, 0.2) is 0 Å². The van der Waals surface area contributed by atoms with E-state index in [1.807, 2.05) is 0 Å². The second-order valence-electron chi connectivity index (χ2n) is 8.07. The van der Waals surface area contributed by atoms with Crippen LogP contribution in [0.3, 0.4) is 0 Å². The summed E-state index contributed by atoms with van der Waals surface area (Å²) in [6.07, 6.45) is 5.78. The molecule has 0 bridgehead atoms. The lowest BCUT2D eigenvalue weighted by Gasteiger charge is -2.32. The molecule has 2 aliphatic heterocycles.